The van der Waals surface area contributed by atoms with Crippen LogP contribution in [0.2, 0.25) is 5.02 Å². The van der Waals surface area contributed by atoms with Crippen LogP contribution in [-0.2, 0) is 11.3 Å². The molecule has 1 saturated heterocycles. The van der Waals surface area contributed by atoms with Gasteiger partial charge in [-0.15, -0.1) is 0 Å². The third kappa shape index (κ3) is 4.95. The number of hydrogen-bond acceptors (Lipinski definition) is 2. The Morgan fingerprint density at radius 2 is 2.00 bits per heavy atom. The molecule has 1 aliphatic heterocycles. The van der Waals surface area contributed by atoms with E-state index in [-0.39, 0.29) is 23.7 Å². The highest BCUT2D eigenvalue weighted by atomic mass is 35.5. The highest BCUT2D eigenvalue weighted by Gasteiger charge is 2.29. The van der Waals surface area contributed by atoms with Crippen LogP contribution < -0.4 is 10.6 Å². The van der Waals surface area contributed by atoms with E-state index in [2.05, 4.69) is 10.6 Å². The lowest BCUT2D eigenvalue weighted by Crippen LogP contribution is -2.34. The summed E-state index contributed by atoms with van der Waals surface area (Å²) in [6, 6.07) is 12.7. The molecule has 0 spiro atoms. The predicted octanol–water partition coefficient (Wildman–Crippen LogP) is 3.65. The van der Waals surface area contributed by atoms with Crippen molar-refractivity contribution in [3.05, 3.63) is 64.9 Å². The van der Waals surface area contributed by atoms with Gasteiger partial charge in [0.05, 0.1) is 0 Å². The molecule has 2 aromatic rings. The van der Waals surface area contributed by atoms with Crippen molar-refractivity contribution in [2.75, 3.05) is 18.4 Å². The summed E-state index contributed by atoms with van der Waals surface area (Å²) in [5, 5.41) is 6.03. The van der Waals surface area contributed by atoms with Gasteiger partial charge in [0, 0.05) is 42.7 Å². The van der Waals surface area contributed by atoms with Crippen LogP contribution in [0.5, 0.6) is 0 Å². The van der Waals surface area contributed by atoms with E-state index < -0.39 is 0 Å². The number of rotatable bonds is 5. The van der Waals surface area contributed by atoms with Gasteiger partial charge < -0.3 is 15.5 Å². The topological polar surface area (TPSA) is 61.4 Å². The third-order valence-electron chi connectivity index (χ3n) is 4.22. The molecule has 26 heavy (non-hydrogen) atoms. The van der Waals surface area contributed by atoms with Crippen LogP contribution >= 0.6 is 11.6 Å². The minimum absolute atomic E-state index is 0.0383. The fraction of sp³-hybridized carbons (Fsp3) is 0.263. The van der Waals surface area contributed by atoms with E-state index in [1.54, 1.807) is 41.3 Å². The van der Waals surface area contributed by atoms with Gasteiger partial charge >= 0.3 is 6.03 Å². The molecule has 0 radical (unpaired) electrons. The van der Waals surface area contributed by atoms with Crippen LogP contribution in [0.25, 0.3) is 0 Å². The molecule has 2 aromatic carbocycles. The van der Waals surface area contributed by atoms with E-state index in [0.29, 0.717) is 36.8 Å². The molecule has 1 aliphatic rings. The lowest BCUT2D eigenvalue weighted by atomic mass is 10.1. The predicted molar refractivity (Wildman–Crippen MR) is 98.4 cm³/mol. The number of carbonyl (C=O) groups is 2. The Bertz CT molecular complexity index is 798. The molecule has 136 valence electrons. The van der Waals surface area contributed by atoms with Crippen molar-refractivity contribution in [1.29, 1.82) is 0 Å². The van der Waals surface area contributed by atoms with Gasteiger partial charge in [0.25, 0.3) is 0 Å². The maximum Gasteiger partial charge on any atom is 0.319 e. The molecule has 7 heteroatoms. The molecule has 3 rings (SSSR count). The fourth-order valence-electron chi connectivity index (χ4n) is 2.93. The van der Waals surface area contributed by atoms with Crippen LogP contribution in [0.3, 0.4) is 0 Å². The molecule has 1 fully saturated rings. The number of carbonyl (C=O) groups excluding carboxylic acids is 2. The quantitative estimate of drug-likeness (QED) is 0.838. The van der Waals surface area contributed by atoms with Crippen LogP contribution in [0.4, 0.5) is 14.9 Å². The van der Waals surface area contributed by atoms with Gasteiger partial charge in [-0.1, -0.05) is 29.8 Å². The van der Waals surface area contributed by atoms with E-state index in [4.69, 9.17) is 11.6 Å². The monoisotopic (exact) mass is 375 g/mol. The normalized spacial score (nSPS) is 16.6. The Kier molecular flexibility index (Phi) is 5.73. The Morgan fingerprint density at radius 1 is 1.23 bits per heavy atom. The first-order valence-electron chi connectivity index (χ1n) is 8.32. The van der Waals surface area contributed by atoms with E-state index in [0.717, 1.165) is 5.56 Å². The molecule has 1 heterocycles. The number of anilines is 1. The second kappa shape index (κ2) is 8.19. The number of nitrogens with one attached hydrogen (secondary N) is 2. The summed E-state index contributed by atoms with van der Waals surface area (Å²) in [5.74, 6) is -0.210. The molecule has 3 amide bonds. The summed E-state index contributed by atoms with van der Waals surface area (Å²) < 4.78 is 13.0. The van der Waals surface area contributed by atoms with Gasteiger partial charge in [0.1, 0.15) is 5.82 Å². The maximum atomic E-state index is 13.0. The average Bonchev–Trinajstić information content (AvgIpc) is 2.95. The summed E-state index contributed by atoms with van der Waals surface area (Å²) >= 11 is 5.88. The van der Waals surface area contributed by atoms with E-state index >= 15 is 0 Å². The van der Waals surface area contributed by atoms with E-state index in [9.17, 15) is 14.0 Å². The summed E-state index contributed by atoms with van der Waals surface area (Å²) in [6.45, 7) is 1.41. The molecular formula is C19H19ClFN3O2. The molecule has 1 atom stereocenters. The number of nitrogens with zero attached hydrogens (tertiary/aromatic N) is 1. The van der Waals surface area contributed by atoms with Gasteiger partial charge in [-0.3, -0.25) is 4.79 Å². The highest BCUT2D eigenvalue weighted by Crippen LogP contribution is 2.20. The van der Waals surface area contributed by atoms with Crippen molar-refractivity contribution in [1.82, 2.24) is 10.2 Å². The number of amides is 3. The van der Waals surface area contributed by atoms with Crippen molar-refractivity contribution >= 4 is 29.2 Å². The number of benzene rings is 2. The molecule has 2 N–H and O–H groups in total. The smallest absolute Gasteiger partial charge is 0.319 e. The van der Waals surface area contributed by atoms with Crippen molar-refractivity contribution in [2.45, 2.75) is 13.0 Å². The number of hydrogen-bond donors (Lipinski definition) is 2. The minimum atomic E-state index is -0.336. The summed E-state index contributed by atoms with van der Waals surface area (Å²) in [5.41, 5.74) is 1.49. The van der Waals surface area contributed by atoms with Gasteiger partial charge in [-0.2, -0.15) is 0 Å². The average molecular weight is 376 g/mol. The number of likely N-dealkylation sites (tertiary alicyclic amines) is 1. The first-order valence-corrected chi connectivity index (χ1v) is 8.70. The summed E-state index contributed by atoms with van der Waals surface area (Å²) in [7, 11) is 0. The van der Waals surface area contributed by atoms with Gasteiger partial charge in [-0.05, 0) is 35.9 Å². The first kappa shape index (κ1) is 18.2. The molecule has 0 aliphatic carbocycles. The number of urea groups is 1. The third-order valence-corrected chi connectivity index (χ3v) is 4.45. The van der Waals surface area contributed by atoms with E-state index in [1.165, 1.54) is 12.1 Å². The van der Waals surface area contributed by atoms with Crippen molar-refractivity contribution in [3.63, 3.8) is 0 Å². The molecular weight excluding hydrogens is 357 g/mol. The fourth-order valence-corrected chi connectivity index (χ4v) is 3.12. The van der Waals surface area contributed by atoms with E-state index in [1.807, 2.05) is 0 Å². The van der Waals surface area contributed by atoms with Crippen LogP contribution in [0.15, 0.2) is 48.5 Å². The van der Waals surface area contributed by atoms with Gasteiger partial charge in [0.2, 0.25) is 5.91 Å². The molecule has 1 unspecified atom stereocenters. The summed E-state index contributed by atoms with van der Waals surface area (Å²) in [6.07, 6.45) is 0.388. The zero-order valence-corrected chi connectivity index (χ0v) is 14.8. The lowest BCUT2D eigenvalue weighted by molar-refractivity contribution is -0.128. The Morgan fingerprint density at radius 3 is 2.73 bits per heavy atom. The number of halogens is 2. The molecule has 0 aromatic heterocycles. The van der Waals surface area contributed by atoms with Gasteiger partial charge in [-0.25, -0.2) is 9.18 Å². The second-order valence-corrected chi connectivity index (χ2v) is 6.75. The maximum absolute atomic E-state index is 13.0. The zero-order valence-electron chi connectivity index (χ0n) is 14.0. The standard InChI is InChI=1S/C19H19ClFN3O2/c20-15-2-1-3-17(9-15)23-19(26)22-10-14-8-18(25)24(12-14)11-13-4-6-16(21)7-5-13/h1-7,9,14H,8,10-12H2,(H2,22,23,26). The van der Waals surface area contributed by atoms with Crippen molar-refractivity contribution in [3.8, 4) is 0 Å². The summed E-state index contributed by atoms with van der Waals surface area (Å²) in [4.78, 5) is 25.8. The molecule has 5 nitrogen and oxygen atoms in total. The Hall–Kier alpha value is -2.60. The largest absolute Gasteiger partial charge is 0.338 e. The first-order chi connectivity index (χ1) is 12.5. The lowest BCUT2D eigenvalue weighted by Gasteiger charge is -2.17. The van der Waals surface area contributed by atoms with Crippen molar-refractivity contribution < 1.29 is 14.0 Å². The van der Waals surface area contributed by atoms with Gasteiger partial charge in [0.15, 0.2) is 0 Å². The molecule has 0 saturated carbocycles. The SMILES string of the molecule is O=C(NCC1CC(=O)N(Cc2ccc(F)cc2)C1)Nc1cccc(Cl)c1. The van der Waals surface area contributed by atoms with Crippen LogP contribution in [0.1, 0.15) is 12.0 Å². The van der Waals surface area contributed by atoms with Crippen molar-refractivity contribution in [2.24, 2.45) is 5.92 Å². The Balaban J connectivity index is 1.46. The highest BCUT2D eigenvalue weighted by molar-refractivity contribution is 6.30. The minimum Gasteiger partial charge on any atom is -0.338 e. The van der Waals surface area contributed by atoms with Crippen LogP contribution in [0, 0.1) is 11.7 Å². The zero-order chi connectivity index (χ0) is 18.5. The Labute approximate surface area is 156 Å². The molecule has 0 bridgehead atoms. The second-order valence-electron chi connectivity index (χ2n) is 6.32. The van der Waals surface area contributed by atoms with Crippen LogP contribution in [-0.4, -0.2) is 29.9 Å².